The molecule has 0 fully saturated rings. The molecule has 22 heavy (non-hydrogen) atoms. The Morgan fingerprint density at radius 1 is 1.18 bits per heavy atom. The van der Waals surface area contributed by atoms with Crippen molar-refractivity contribution in [3.8, 4) is 0 Å². The van der Waals surface area contributed by atoms with E-state index in [1.807, 2.05) is 41.3 Å². The normalized spacial score (nSPS) is 18.1. The lowest BCUT2D eigenvalue weighted by Gasteiger charge is -2.24. The predicted octanol–water partition coefficient (Wildman–Crippen LogP) is 3.32. The van der Waals surface area contributed by atoms with E-state index in [0.717, 1.165) is 12.1 Å². The average molecular weight is 294 g/mol. The van der Waals surface area contributed by atoms with E-state index in [1.165, 1.54) is 11.1 Å². The molecule has 0 saturated heterocycles. The molecule has 2 aromatic rings. The van der Waals surface area contributed by atoms with Crippen molar-refractivity contribution in [3.63, 3.8) is 0 Å². The van der Waals surface area contributed by atoms with Crippen LogP contribution in [-0.4, -0.2) is 18.5 Å². The summed E-state index contributed by atoms with van der Waals surface area (Å²) in [5.41, 5.74) is 3.53. The molecule has 0 unspecified atom stereocenters. The average Bonchev–Trinajstić information content (AvgIpc) is 2.89. The number of nitrogens with one attached hydrogen (secondary N) is 1. The number of carbonyl (C=O) groups excluding carboxylic acids is 1. The van der Waals surface area contributed by atoms with E-state index in [9.17, 15) is 4.79 Å². The van der Waals surface area contributed by atoms with Crippen LogP contribution in [0.2, 0.25) is 0 Å². The summed E-state index contributed by atoms with van der Waals surface area (Å²) < 4.78 is 0. The van der Waals surface area contributed by atoms with Crippen molar-refractivity contribution >= 4 is 11.6 Å². The Balaban J connectivity index is 1.65. The Labute approximate surface area is 132 Å². The molecular formula is C19H22N2O. The number of anilines is 1. The summed E-state index contributed by atoms with van der Waals surface area (Å²) in [6.07, 6.45) is 0.941. The third-order valence-electron chi connectivity index (χ3n) is 4.33. The van der Waals surface area contributed by atoms with E-state index in [-0.39, 0.29) is 18.0 Å². The van der Waals surface area contributed by atoms with Gasteiger partial charge in [0.15, 0.2) is 0 Å². The fraction of sp³-hybridized carbons (Fsp3) is 0.316. The maximum Gasteiger partial charge on any atom is 0.241 e. The SMILES string of the molecule is C[C@@H](NCC(=O)N1c2ccccc2C[C@@H]1C)c1ccccc1. The summed E-state index contributed by atoms with van der Waals surface area (Å²) in [6, 6.07) is 18.8. The van der Waals surface area contributed by atoms with Crippen molar-refractivity contribution < 1.29 is 4.79 Å². The first-order valence-corrected chi connectivity index (χ1v) is 7.85. The van der Waals surface area contributed by atoms with Gasteiger partial charge in [0.1, 0.15) is 0 Å². The summed E-state index contributed by atoms with van der Waals surface area (Å²) in [4.78, 5) is 14.5. The maximum absolute atomic E-state index is 12.6. The summed E-state index contributed by atoms with van der Waals surface area (Å²) in [6.45, 7) is 4.55. The highest BCUT2D eigenvalue weighted by atomic mass is 16.2. The summed E-state index contributed by atoms with van der Waals surface area (Å²) >= 11 is 0. The Morgan fingerprint density at radius 3 is 2.64 bits per heavy atom. The van der Waals surface area contributed by atoms with Crippen LogP contribution in [0.5, 0.6) is 0 Å². The fourth-order valence-electron chi connectivity index (χ4n) is 3.13. The highest BCUT2D eigenvalue weighted by molar-refractivity contribution is 5.97. The molecule has 114 valence electrons. The molecule has 0 saturated carbocycles. The fourth-order valence-corrected chi connectivity index (χ4v) is 3.13. The number of benzene rings is 2. The number of carbonyl (C=O) groups is 1. The first-order chi connectivity index (χ1) is 10.7. The van der Waals surface area contributed by atoms with Crippen molar-refractivity contribution in [1.29, 1.82) is 0 Å². The third kappa shape index (κ3) is 2.90. The predicted molar refractivity (Wildman–Crippen MR) is 90.0 cm³/mol. The number of amides is 1. The summed E-state index contributed by atoms with van der Waals surface area (Å²) in [5.74, 6) is 0.139. The molecule has 3 heteroatoms. The van der Waals surface area contributed by atoms with Crippen LogP contribution in [0.1, 0.15) is 31.0 Å². The van der Waals surface area contributed by atoms with Crippen LogP contribution in [0.4, 0.5) is 5.69 Å². The number of fused-ring (bicyclic) bond motifs is 1. The van der Waals surface area contributed by atoms with E-state index in [1.54, 1.807) is 0 Å². The molecule has 3 nitrogen and oxygen atoms in total. The second-order valence-corrected chi connectivity index (χ2v) is 5.96. The van der Waals surface area contributed by atoms with Gasteiger partial charge < -0.3 is 10.2 Å². The van der Waals surface area contributed by atoms with Gasteiger partial charge in [0, 0.05) is 17.8 Å². The molecule has 0 spiro atoms. The van der Waals surface area contributed by atoms with Gasteiger partial charge in [0.25, 0.3) is 0 Å². The molecule has 3 rings (SSSR count). The molecule has 1 aliphatic rings. The molecule has 0 aliphatic carbocycles. The number of para-hydroxylation sites is 1. The first kappa shape index (κ1) is 14.8. The van der Waals surface area contributed by atoms with Gasteiger partial charge in [-0.1, -0.05) is 48.5 Å². The minimum Gasteiger partial charge on any atom is -0.308 e. The smallest absolute Gasteiger partial charge is 0.241 e. The largest absolute Gasteiger partial charge is 0.308 e. The van der Waals surface area contributed by atoms with E-state index in [0.29, 0.717) is 6.54 Å². The summed E-state index contributed by atoms with van der Waals surface area (Å²) in [5, 5.41) is 3.34. The lowest BCUT2D eigenvalue weighted by Crippen LogP contribution is -2.42. The number of rotatable bonds is 4. The molecule has 0 bridgehead atoms. The topological polar surface area (TPSA) is 32.3 Å². The molecule has 1 aliphatic heterocycles. The van der Waals surface area contributed by atoms with Crippen molar-refractivity contribution in [2.24, 2.45) is 0 Å². The molecule has 2 aromatic carbocycles. The van der Waals surface area contributed by atoms with Crippen molar-refractivity contribution in [1.82, 2.24) is 5.32 Å². The number of hydrogen-bond acceptors (Lipinski definition) is 2. The van der Waals surface area contributed by atoms with Crippen molar-refractivity contribution in [2.75, 3.05) is 11.4 Å². The highest BCUT2D eigenvalue weighted by Gasteiger charge is 2.30. The molecular weight excluding hydrogens is 272 g/mol. The monoisotopic (exact) mass is 294 g/mol. The third-order valence-corrected chi connectivity index (χ3v) is 4.33. The van der Waals surface area contributed by atoms with Crippen LogP contribution in [0.15, 0.2) is 54.6 Å². The minimum absolute atomic E-state index is 0.139. The standard InChI is InChI=1S/C19H22N2O/c1-14-12-17-10-6-7-11-18(17)21(14)19(22)13-20-15(2)16-8-4-3-5-9-16/h3-11,14-15,20H,12-13H2,1-2H3/t14-,15+/m0/s1. The Bertz CT molecular complexity index is 653. The van der Waals surface area contributed by atoms with Gasteiger partial charge in [-0.2, -0.15) is 0 Å². The van der Waals surface area contributed by atoms with E-state index in [2.05, 4.69) is 37.4 Å². The zero-order valence-electron chi connectivity index (χ0n) is 13.1. The highest BCUT2D eigenvalue weighted by Crippen LogP contribution is 2.31. The van der Waals surface area contributed by atoms with Crippen LogP contribution in [0, 0.1) is 0 Å². The quantitative estimate of drug-likeness (QED) is 0.938. The second kappa shape index (κ2) is 6.32. The van der Waals surface area contributed by atoms with E-state index >= 15 is 0 Å². The van der Waals surface area contributed by atoms with Crippen LogP contribution in [-0.2, 0) is 11.2 Å². The van der Waals surface area contributed by atoms with E-state index in [4.69, 9.17) is 0 Å². The molecule has 1 N–H and O–H groups in total. The Morgan fingerprint density at radius 2 is 1.86 bits per heavy atom. The van der Waals surface area contributed by atoms with Crippen LogP contribution in [0.3, 0.4) is 0 Å². The minimum atomic E-state index is 0.139. The zero-order chi connectivity index (χ0) is 15.5. The van der Waals surface area contributed by atoms with Gasteiger partial charge in [-0.25, -0.2) is 0 Å². The molecule has 0 radical (unpaired) electrons. The molecule has 1 amide bonds. The lowest BCUT2D eigenvalue weighted by molar-refractivity contribution is -0.118. The zero-order valence-corrected chi connectivity index (χ0v) is 13.1. The van der Waals surface area contributed by atoms with Crippen LogP contribution in [0.25, 0.3) is 0 Å². The van der Waals surface area contributed by atoms with Gasteiger partial charge in [-0.3, -0.25) is 4.79 Å². The molecule has 2 atom stereocenters. The van der Waals surface area contributed by atoms with Crippen LogP contribution < -0.4 is 10.2 Å². The number of nitrogens with zero attached hydrogens (tertiary/aromatic N) is 1. The Hall–Kier alpha value is -2.13. The maximum atomic E-state index is 12.6. The van der Waals surface area contributed by atoms with Crippen LogP contribution >= 0.6 is 0 Å². The Kier molecular flexibility index (Phi) is 4.25. The lowest BCUT2D eigenvalue weighted by atomic mass is 10.1. The molecule has 1 heterocycles. The van der Waals surface area contributed by atoms with Gasteiger partial charge in [-0.05, 0) is 37.5 Å². The first-order valence-electron chi connectivity index (χ1n) is 7.85. The van der Waals surface area contributed by atoms with Crippen molar-refractivity contribution in [3.05, 3.63) is 65.7 Å². The second-order valence-electron chi connectivity index (χ2n) is 5.96. The molecule has 0 aromatic heterocycles. The van der Waals surface area contributed by atoms with E-state index < -0.39 is 0 Å². The number of hydrogen-bond donors (Lipinski definition) is 1. The van der Waals surface area contributed by atoms with Gasteiger partial charge >= 0.3 is 0 Å². The van der Waals surface area contributed by atoms with Gasteiger partial charge in [-0.15, -0.1) is 0 Å². The van der Waals surface area contributed by atoms with Gasteiger partial charge in [0.05, 0.1) is 6.54 Å². The summed E-state index contributed by atoms with van der Waals surface area (Å²) in [7, 11) is 0. The van der Waals surface area contributed by atoms with Gasteiger partial charge in [0.2, 0.25) is 5.91 Å². The van der Waals surface area contributed by atoms with Crippen molar-refractivity contribution in [2.45, 2.75) is 32.4 Å².